The van der Waals surface area contributed by atoms with Gasteiger partial charge in [0.15, 0.2) is 0 Å². The number of anilines is 1. The molecule has 7 nitrogen and oxygen atoms in total. The summed E-state index contributed by atoms with van der Waals surface area (Å²) in [6.45, 7) is -0.761. The number of benzene rings is 3. The molecule has 3 aromatic rings. The van der Waals surface area contributed by atoms with Crippen LogP contribution in [0.3, 0.4) is 0 Å². The first-order chi connectivity index (χ1) is 20.0. The van der Waals surface area contributed by atoms with E-state index in [4.69, 9.17) is 23.2 Å². The molecule has 1 N–H and O–H groups in total. The zero-order valence-electron chi connectivity index (χ0n) is 23.3. The summed E-state index contributed by atoms with van der Waals surface area (Å²) in [5.41, 5.74) is 1.16. The van der Waals surface area contributed by atoms with Gasteiger partial charge >= 0.3 is 0 Å². The van der Waals surface area contributed by atoms with E-state index in [0.717, 1.165) is 54.3 Å². The molecule has 1 fully saturated rings. The van der Waals surface area contributed by atoms with Crippen molar-refractivity contribution >= 4 is 50.7 Å². The van der Waals surface area contributed by atoms with E-state index >= 15 is 0 Å². The molecule has 1 saturated carbocycles. The molecule has 0 radical (unpaired) electrons. The minimum Gasteiger partial charge on any atom is -0.352 e. The van der Waals surface area contributed by atoms with Crippen molar-refractivity contribution in [1.29, 1.82) is 0 Å². The minimum atomic E-state index is -4.08. The maximum atomic E-state index is 14.8. The van der Waals surface area contributed by atoms with Crippen molar-refractivity contribution in [3.05, 3.63) is 99.8 Å². The van der Waals surface area contributed by atoms with E-state index in [-0.39, 0.29) is 35.6 Å². The van der Waals surface area contributed by atoms with Gasteiger partial charge in [0.25, 0.3) is 0 Å². The second kappa shape index (κ2) is 14.4. The molecule has 0 unspecified atom stereocenters. The molecule has 0 aliphatic heterocycles. The normalized spacial score (nSPS) is 14.7. The summed E-state index contributed by atoms with van der Waals surface area (Å²) < 4.78 is 41.1. The van der Waals surface area contributed by atoms with Crippen molar-refractivity contribution in [2.75, 3.05) is 17.1 Å². The largest absolute Gasteiger partial charge is 0.352 e. The van der Waals surface area contributed by atoms with Gasteiger partial charge in [-0.25, -0.2) is 12.8 Å². The Hall–Kier alpha value is -3.14. The summed E-state index contributed by atoms with van der Waals surface area (Å²) in [5, 5.41) is 3.74. The molecule has 3 aromatic carbocycles. The molecule has 1 atom stereocenters. The highest BCUT2D eigenvalue weighted by Crippen LogP contribution is 2.26. The molecule has 0 bridgehead atoms. The maximum Gasteiger partial charge on any atom is 0.244 e. The fraction of sp³-hybridized carbons (Fsp3) is 0.355. The summed E-state index contributed by atoms with van der Waals surface area (Å²) in [4.78, 5) is 29.4. The summed E-state index contributed by atoms with van der Waals surface area (Å²) in [6, 6.07) is 18.5. The Bertz CT molecular complexity index is 1500. The average Bonchev–Trinajstić information content (AvgIpc) is 2.96. The van der Waals surface area contributed by atoms with E-state index in [2.05, 4.69) is 5.32 Å². The average molecular weight is 635 g/mol. The van der Waals surface area contributed by atoms with Gasteiger partial charge in [-0.2, -0.15) is 0 Å². The van der Waals surface area contributed by atoms with Crippen LogP contribution < -0.4 is 9.62 Å². The van der Waals surface area contributed by atoms with Gasteiger partial charge in [-0.15, -0.1) is 0 Å². The topological polar surface area (TPSA) is 86.8 Å². The maximum absolute atomic E-state index is 14.8. The van der Waals surface area contributed by atoms with Crippen LogP contribution in [-0.2, 0) is 32.6 Å². The van der Waals surface area contributed by atoms with Gasteiger partial charge in [-0.05, 0) is 48.2 Å². The Morgan fingerprint density at radius 1 is 0.929 bits per heavy atom. The lowest BCUT2D eigenvalue weighted by Crippen LogP contribution is -2.55. The number of rotatable bonds is 11. The van der Waals surface area contributed by atoms with Crippen LogP contribution in [0, 0.1) is 5.82 Å². The second-order valence-corrected chi connectivity index (χ2v) is 13.3. The van der Waals surface area contributed by atoms with E-state index in [1.165, 1.54) is 23.1 Å². The molecule has 4 rings (SSSR count). The van der Waals surface area contributed by atoms with E-state index < -0.39 is 34.3 Å². The van der Waals surface area contributed by atoms with Crippen molar-refractivity contribution in [1.82, 2.24) is 10.2 Å². The third-order valence-corrected chi connectivity index (χ3v) is 9.23. The number of para-hydroxylation sites is 1. The number of carbonyl (C=O) groups is 2. The summed E-state index contributed by atoms with van der Waals surface area (Å²) in [7, 11) is -4.08. The van der Waals surface area contributed by atoms with Crippen LogP contribution in [0.2, 0.25) is 10.0 Å². The summed E-state index contributed by atoms with van der Waals surface area (Å²) in [6.07, 6.45) is 5.91. The first-order valence-electron chi connectivity index (χ1n) is 13.8. The predicted molar refractivity (Wildman–Crippen MR) is 165 cm³/mol. The fourth-order valence-electron chi connectivity index (χ4n) is 5.18. The predicted octanol–water partition coefficient (Wildman–Crippen LogP) is 5.99. The highest BCUT2D eigenvalue weighted by atomic mass is 35.5. The summed E-state index contributed by atoms with van der Waals surface area (Å²) >= 11 is 12.4. The molecule has 0 aromatic heterocycles. The first kappa shape index (κ1) is 31.8. The molecular weight excluding hydrogens is 600 g/mol. The van der Waals surface area contributed by atoms with Crippen LogP contribution in [0.25, 0.3) is 0 Å². The highest BCUT2D eigenvalue weighted by molar-refractivity contribution is 7.92. The van der Waals surface area contributed by atoms with Crippen LogP contribution in [0.1, 0.15) is 43.2 Å². The van der Waals surface area contributed by atoms with Gasteiger partial charge < -0.3 is 10.2 Å². The van der Waals surface area contributed by atoms with Gasteiger partial charge in [-0.3, -0.25) is 13.9 Å². The lowest BCUT2D eigenvalue weighted by Gasteiger charge is -2.35. The molecule has 1 aliphatic rings. The molecule has 0 heterocycles. The Morgan fingerprint density at radius 2 is 1.60 bits per heavy atom. The Kier molecular flexibility index (Phi) is 10.9. The summed E-state index contributed by atoms with van der Waals surface area (Å²) in [5.74, 6) is -1.80. The number of sulfonamides is 1. The van der Waals surface area contributed by atoms with Gasteiger partial charge in [-0.1, -0.05) is 91.0 Å². The van der Waals surface area contributed by atoms with Gasteiger partial charge in [0.1, 0.15) is 18.4 Å². The SMILES string of the molecule is CS(=O)(=O)N(CC(=O)N(Cc1ccc(Cl)c(Cl)c1)[C@@H](Cc1ccccc1)C(=O)NC1CCCCC1)c1ccccc1F. The molecule has 11 heteroatoms. The second-order valence-electron chi connectivity index (χ2n) is 10.5. The van der Waals surface area contributed by atoms with E-state index in [0.29, 0.717) is 10.6 Å². The van der Waals surface area contributed by atoms with Crippen LogP contribution >= 0.6 is 23.2 Å². The van der Waals surface area contributed by atoms with Gasteiger partial charge in [0.2, 0.25) is 21.8 Å². The van der Waals surface area contributed by atoms with Crippen LogP contribution in [0.15, 0.2) is 72.8 Å². The van der Waals surface area contributed by atoms with E-state index in [1.807, 2.05) is 30.3 Å². The van der Waals surface area contributed by atoms with Crippen LogP contribution in [-0.4, -0.2) is 50.0 Å². The van der Waals surface area contributed by atoms with E-state index in [9.17, 15) is 22.4 Å². The number of carbonyl (C=O) groups excluding carboxylic acids is 2. The molecule has 2 amide bonds. The number of hydrogen-bond acceptors (Lipinski definition) is 4. The van der Waals surface area contributed by atoms with Crippen molar-refractivity contribution in [3.63, 3.8) is 0 Å². The van der Waals surface area contributed by atoms with E-state index in [1.54, 1.807) is 18.2 Å². The van der Waals surface area contributed by atoms with Crippen molar-refractivity contribution in [3.8, 4) is 0 Å². The molecule has 0 spiro atoms. The lowest BCUT2D eigenvalue weighted by molar-refractivity contribution is -0.140. The third kappa shape index (κ3) is 8.46. The van der Waals surface area contributed by atoms with Crippen LogP contribution in [0.4, 0.5) is 10.1 Å². The number of amides is 2. The Balaban J connectivity index is 1.74. The lowest BCUT2D eigenvalue weighted by atomic mass is 9.94. The van der Waals surface area contributed by atoms with Crippen LogP contribution in [0.5, 0.6) is 0 Å². The van der Waals surface area contributed by atoms with Gasteiger partial charge in [0, 0.05) is 19.0 Å². The highest BCUT2D eigenvalue weighted by Gasteiger charge is 2.34. The fourth-order valence-corrected chi connectivity index (χ4v) is 6.35. The molecule has 224 valence electrons. The standard InChI is InChI=1S/C31H34Cl2FN3O4S/c1-42(40,41)37(28-15-9-8-14-27(28)34)21-30(38)36(20-23-16-17-25(32)26(33)18-23)29(19-22-10-4-2-5-11-22)31(39)35-24-12-6-3-7-13-24/h2,4-5,8-11,14-18,24,29H,3,6-7,12-13,19-21H2,1H3,(H,35,39)/t29-/m0/s1. The monoisotopic (exact) mass is 633 g/mol. The zero-order valence-corrected chi connectivity index (χ0v) is 25.6. The molecule has 42 heavy (non-hydrogen) atoms. The quantitative estimate of drug-likeness (QED) is 0.281. The van der Waals surface area contributed by atoms with Crippen molar-refractivity contribution in [2.45, 2.75) is 57.2 Å². The number of halogens is 3. The third-order valence-electron chi connectivity index (χ3n) is 7.36. The number of nitrogens with one attached hydrogen (secondary N) is 1. The van der Waals surface area contributed by atoms with Crippen molar-refractivity contribution < 1.29 is 22.4 Å². The minimum absolute atomic E-state index is 0.0163. The molecular formula is C31H34Cl2FN3O4S. The number of nitrogens with zero attached hydrogens (tertiary/aromatic N) is 2. The molecule has 0 saturated heterocycles. The zero-order chi connectivity index (χ0) is 30.3. The Labute approximate surface area is 256 Å². The first-order valence-corrected chi connectivity index (χ1v) is 16.4. The number of hydrogen-bond donors (Lipinski definition) is 1. The Morgan fingerprint density at radius 3 is 2.24 bits per heavy atom. The van der Waals surface area contributed by atoms with Gasteiger partial charge in [0.05, 0.1) is 22.0 Å². The van der Waals surface area contributed by atoms with Crippen molar-refractivity contribution in [2.24, 2.45) is 0 Å². The smallest absolute Gasteiger partial charge is 0.244 e. The molecule has 1 aliphatic carbocycles.